The molecule has 1 aliphatic carbocycles. The molecular weight excluding hydrogens is 478 g/mol. The maximum Gasteiger partial charge on any atom is 0.252 e. The first-order valence-corrected chi connectivity index (χ1v) is 11.5. The van der Waals surface area contributed by atoms with Gasteiger partial charge in [0.2, 0.25) is 5.75 Å². The Hall–Kier alpha value is -4.27. The summed E-state index contributed by atoms with van der Waals surface area (Å²) in [5.41, 5.74) is 1.59. The highest BCUT2D eigenvalue weighted by atomic mass is 16.5. The molecule has 1 N–H and O–H groups in total. The average molecular weight is 510 g/mol. The van der Waals surface area contributed by atoms with Gasteiger partial charge in [-0.05, 0) is 50.6 Å². The molecule has 1 unspecified atom stereocenters. The van der Waals surface area contributed by atoms with E-state index >= 15 is 0 Å². The van der Waals surface area contributed by atoms with Crippen molar-refractivity contribution in [1.29, 1.82) is 0 Å². The number of rotatable bonds is 10. The molecule has 0 saturated heterocycles. The Morgan fingerprint density at radius 1 is 0.838 bits per heavy atom. The minimum absolute atomic E-state index is 0.105. The van der Waals surface area contributed by atoms with Crippen LogP contribution in [0.1, 0.15) is 51.3 Å². The number of hydrogen-bond acceptors (Lipinski definition) is 8. The van der Waals surface area contributed by atoms with Crippen LogP contribution in [0.15, 0.2) is 47.6 Å². The van der Waals surface area contributed by atoms with Gasteiger partial charge in [0.25, 0.3) is 5.91 Å². The molecular formula is C28H31NO8. The van der Waals surface area contributed by atoms with Crippen LogP contribution in [0.4, 0.5) is 0 Å². The van der Waals surface area contributed by atoms with Gasteiger partial charge < -0.3 is 29.0 Å². The third kappa shape index (κ3) is 5.45. The third-order valence-corrected chi connectivity index (χ3v) is 5.96. The lowest BCUT2D eigenvalue weighted by atomic mass is 9.84. The molecule has 9 nitrogen and oxygen atoms in total. The average Bonchev–Trinajstić information content (AvgIpc) is 2.90. The molecule has 3 rings (SSSR count). The van der Waals surface area contributed by atoms with Gasteiger partial charge in [-0.15, -0.1) is 0 Å². The number of methoxy groups -OCH3 is 5. The topological polar surface area (TPSA) is 109 Å². The van der Waals surface area contributed by atoms with Gasteiger partial charge in [-0.25, -0.2) is 0 Å². The molecule has 0 aliphatic heterocycles. The standard InChI is InChI=1S/C28H31NO8/c1-15(2)8-9-18(29-28(32)16-12-22(35-5)27(37-7)23(13-16)36-6)17-14-19(30)24-20(33-3)10-11-21(34-4)25(24)26(17)31/h8,10-14,18H,9H2,1-7H3,(H,29,32). The summed E-state index contributed by atoms with van der Waals surface area (Å²) in [6.45, 7) is 3.81. The van der Waals surface area contributed by atoms with Crippen molar-refractivity contribution in [2.24, 2.45) is 0 Å². The molecule has 0 radical (unpaired) electrons. The van der Waals surface area contributed by atoms with E-state index in [9.17, 15) is 14.4 Å². The van der Waals surface area contributed by atoms with Crippen LogP contribution < -0.4 is 29.0 Å². The molecule has 1 atom stereocenters. The van der Waals surface area contributed by atoms with Crippen molar-refractivity contribution in [2.75, 3.05) is 35.5 Å². The predicted octanol–water partition coefficient (Wildman–Crippen LogP) is 4.19. The molecule has 9 heteroatoms. The van der Waals surface area contributed by atoms with E-state index in [0.717, 1.165) is 5.57 Å². The fraction of sp³-hybridized carbons (Fsp3) is 0.321. The van der Waals surface area contributed by atoms with Crippen LogP contribution in [0.2, 0.25) is 0 Å². The van der Waals surface area contributed by atoms with Crippen molar-refractivity contribution in [3.8, 4) is 28.7 Å². The molecule has 0 bridgehead atoms. The fourth-order valence-electron chi connectivity index (χ4n) is 4.13. The summed E-state index contributed by atoms with van der Waals surface area (Å²) in [4.78, 5) is 40.3. The highest BCUT2D eigenvalue weighted by Crippen LogP contribution is 2.39. The van der Waals surface area contributed by atoms with Crippen molar-refractivity contribution < 1.29 is 38.1 Å². The summed E-state index contributed by atoms with van der Waals surface area (Å²) in [6, 6.07) is 5.38. The largest absolute Gasteiger partial charge is 0.496 e. The number of ether oxygens (including phenoxy) is 5. The maximum absolute atomic E-state index is 13.7. The Morgan fingerprint density at radius 3 is 1.86 bits per heavy atom. The van der Waals surface area contributed by atoms with Gasteiger partial charge in [0.05, 0.1) is 52.7 Å². The normalized spacial score (nSPS) is 13.1. The monoisotopic (exact) mass is 509 g/mol. The number of Topliss-reactive ketones (excluding diaryl/α,β-unsaturated/α-hetero) is 1. The Bertz CT molecular complexity index is 1260. The lowest BCUT2D eigenvalue weighted by Crippen LogP contribution is -2.40. The molecule has 0 aromatic heterocycles. The molecule has 0 fully saturated rings. The van der Waals surface area contributed by atoms with Crippen LogP contribution in [0.25, 0.3) is 0 Å². The molecule has 2 aromatic rings. The Balaban J connectivity index is 2.06. The smallest absolute Gasteiger partial charge is 0.252 e. The number of nitrogens with one attached hydrogen (secondary N) is 1. The zero-order valence-corrected chi connectivity index (χ0v) is 22.0. The van der Waals surface area contributed by atoms with Crippen molar-refractivity contribution in [3.63, 3.8) is 0 Å². The van der Waals surface area contributed by atoms with Crippen LogP contribution >= 0.6 is 0 Å². The third-order valence-electron chi connectivity index (χ3n) is 5.96. The van der Waals surface area contributed by atoms with E-state index < -0.39 is 23.5 Å². The van der Waals surface area contributed by atoms with E-state index in [1.807, 2.05) is 19.9 Å². The molecule has 0 spiro atoms. The van der Waals surface area contributed by atoms with Crippen molar-refractivity contribution in [1.82, 2.24) is 5.32 Å². The number of amides is 1. The van der Waals surface area contributed by atoms with Crippen LogP contribution in [-0.4, -0.2) is 59.1 Å². The molecule has 196 valence electrons. The van der Waals surface area contributed by atoms with Crippen LogP contribution in [0.5, 0.6) is 28.7 Å². The minimum Gasteiger partial charge on any atom is -0.496 e. The second-order valence-electron chi connectivity index (χ2n) is 8.47. The van der Waals surface area contributed by atoms with Gasteiger partial charge in [-0.3, -0.25) is 14.4 Å². The molecule has 37 heavy (non-hydrogen) atoms. The molecule has 0 heterocycles. The summed E-state index contributed by atoms with van der Waals surface area (Å²) in [5.74, 6) is 0.145. The maximum atomic E-state index is 13.7. The van der Waals surface area contributed by atoms with E-state index in [0.29, 0.717) is 17.2 Å². The number of allylic oxidation sites excluding steroid dienone is 2. The molecule has 2 aromatic carbocycles. The Labute approximate surface area is 216 Å². The highest BCUT2D eigenvalue weighted by molar-refractivity contribution is 6.27. The van der Waals surface area contributed by atoms with Gasteiger partial charge >= 0.3 is 0 Å². The molecule has 1 aliphatic rings. The first kappa shape index (κ1) is 27.3. The lowest BCUT2D eigenvalue weighted by molar-refractivity contribution is 0.0926. The zero-order chi connectivity index (χ0) is 27.3. The highest BCUT2D eigenvalue weighted by Gasteiger charge is 2.35. The van der Waals surface area contributed by atoms with Crippen LogP contribution in [0, 0.1) is 0 Å². The van der Waals surface area contributed by atoms with E-state index in [1.54, 1.807) is 12.1 Å². The number of benzene rings is 2. The molecule has 0 saturated carbocycles. The lowest BCUT2D eigenvalue weighted by Gasteiger charge is -2.25. The fourth-order valence-corrected chi connectivity index (χ4v) is 4.13. The number of hydrogen-bond donors (Lipinski definition) is 1. The first-order valence-electron chi connectivity index (χ1n) is 11.5. The SMILES string of the molecule is COc1cc(C(=O)NC(CC=C(C)C)C2=CC(=O)c3c(OC)ccc(OC)c3C2=O)cc(OC)c1OC. The zero-order valence-electron chi connectivity index (χ0n) is 22.0. The summed E-state index contributed by atoms with van der Waals surface area (Å²) in [6.07, 6.45) is 3.42. The van der Waals surface area contributed by atoms with E-state index in [1.165, 1.54) is 53.8 Å². The number of fused-ring (bicyclic) bond motifs is 1. The van der Waals surface area contributed by atoms with Crippen molar-refractivity contribution in [3.05, 3.63) is 64.3 Å². The quantitative estimate of drug-likeness (QED) is 0.475. The summed E-state index contributed by atoms with van der Waals surface area (Å²) < 4.78 is 26.8. The summed E-state index contributed by atoms with van der Waals surface area (Å²) in [5, 5.41) is 2.90. The summed E-state index contributed by atoms with van der Waals surface area (Å²) >= 11 is 0. The van der Waals surface area contributed by atoms with Gasteiger partial charge in [0.1, 0.15) is 11.5 Å². The number of carbonyl (C=O) groups is 3. The van der Waals surface area contributed by atoms with Crippen LogP contribution in [0.3, 0.4) is 0 Å². The van der Waals surface area contributed by atoms with Crippen molar-refractivity contribution in [2.45, 2.75) is 26.3 Å². The van der Waals surface area contributed by atoms with Gasteiger partial charge in [0, 0.05) is 11.1 Å². The number of carbonyl (C=O) groups excluding carboxylic acids is 3. The number of ketones is 2. The van der Waals surface area contributed by atoms with Crippen LogP contribution in [-0.2, 0) is 0 Å². The van der Waals surface area contributed by atoms with Gasteiger partial charge in [-0.1, -0.05) is 11.6 Å². The van der Waals surface area contributed by atoms with Gasteiger partial charge in [0.15, 0.2) is 23.1 Å². The summed E-state index contributed by atoms with van der Waals surface area (Å²) in [7, 11) is 7.22. The minimum atomic E-state index is -0.804. The second kappa shape index (κ2) is 11.6. The van der Waals surface area contributed by atoms with E-state index in [2.05, 4.69) is 5.32 Å². The van der Waals surface area contributed by atoms with Gasteiger partial charge in [-0.2, -0.15) is 0 Å². The Kier molecular flexibility index (Phi) is 8.60. The second-order valence-corrected chi connectivity index (χ2v) is 8.47. The van der Waals surface area contributed by atoms with Crippen molar-refractivity contribution >= 4 is 17.5 Å². The molecule has 1 amide bonds. The Morgan fingerprint density at radius 2 is 1.38 bits per heavy atom. The predicted molar refractivity (Wildman–Crippen MR) is 138 cm³/mol. The van der Waals surface area contributed by atoms with E-state index in [-0.39, 0.29) is 40.2 Å². The van der Waals surface area contributed by atoms with E-state index in [4.69, 9.17) is 23.7 Å². The first-order chi connectivity index (χ1) is 17.7.